The van der Waals surface area contributed by atoms with Crippen molar-refractivity contribution in [2.24, 2.45) is 11.8 Å². The van der Waals surface area contributed by atoms with Crippen LogP contribution in [-0.4, -0.2) is 41.8 Å². The Morgan fingerprint density at radius 3 is 2.30 bits per heavy atom. The van der Waals surface area contributed by atoms with Crippen LogP contribution < -0.4 is 10.6 Å². The van der Waals surface area contributed by atoms with Gasteiger partial charge in [-0.15, -0.1) is 0 Å². The zero-order chi connectivity index (χ0) is 24.0. The summed E-state index contributed by atoms with van der Waals surface area (Å²) in [7, 11) is 0. The van der Waals surface area contributed by atoms with E-state index in [0.717, 1.165) is 5.69 Å². The summed E-state index contributed by atoms with van der Waals surface area (Å²) in [6.07, 6.45) is 1.66. The van der Waals surface area contributed by atoms with E-state index in [1.807, 2.05) is 44.2 Å². The molecular formula is C25H29Cl2N3O3. The number of halogens is 2. The third-order valence-corrected chi connectivity index (χ3v) is 6.25. The Morgan fingerprint density at radius 1 is 1.03 bits per heavy atom. The van der Waals surface area contributed by atoms with Gasteiger partial charge in [-0.2, -0.15) is 0 Å². The van der Waals surface area contributed by atoms with Crippen LogP contribution in [0.25, 0.3) is 0 Å². The van der Waals surface area contributed by atoms with Crippen LogP contribution in [0.15, 0.2) is 48.5 Å². The molecule has 0 spiro atoms. The summed E-state index contributed by atoms with van der Waals surface area (Å²) in [5.41, 5.74) is 1.04. The van der Waals surface area contributed by atoms with Crippen LogP contribution in [0.3, 0.4) is 0 Å². The number of para-hydroxylation sites is 1. The third kappa shape index (κ3) is 6.95. The van der Waals surface area contributed by atoms with Gasteiger partial charge in [0, 0.05) is 29.7 Å². The first kappa shape index (κ1) is 25.1. The summed E-state index contributed by atoms with van der Waals surface area (Å²) in [4.78, 5) is 40.4. The number of hydrogen-bond donors (Lipinski definition) is 2. The van der Waals surface area contributed by atoms with Gasteiger partial charge >= 0.3 is 0 Å². The second-order valence-corrected chi connectivity index (χ2v) is 9.58. The summed E-state index contributed by atoms with van der Waals surface area (Å²) in [5.74, 6) is -0.524. The molecule has 6 nitrogen and oxygen atoms in total. The average molecular weight is 490 g/mol. The molecule has 1 aliphatic heterocycles. The number of nitrogens with zero attached hydrogens (tertiary/aromatic N) is 1. The highest BCUT2D eigenvalue weighted by atomic mass is 35.5. The number of carbonyl (C=O) groups is 3. The predicted molar refractivity (Wildman–Crippen MR) is 132 cm³/mol. The van der Waals surface area contributed by atoms with Crippen molar-refractivity contribution < 1.29 is 14.4 Å². The maximum atomic E-state index is 13.3. The van der Waals surface area contributed by atoms with Gasteiger partial charge in [0.1, 0.15) is 6.04 Å². The third-order valence-electron chi connectivity index (χ3n) is 5.71. The molecule has 0 radical (unpaired) electrons. The first-order valence-corrected chi connectivity index (χ1v) is 11.9. The molecule has 0 bridgehead atoms. The molecule has 8 heteroatoms. The van der Waals surface area contributed by atoms with E-state index in [0.29, 0.717) is 37.4 Å². The molecule has 3 amide bonds. The van der Waals surface area contributed by atoms with Gasteiger partial charge in [0.25, 0.3) is 5.91 Å². The Hall–Kier alpha value is -2.57. The number of rotatable bonds is 7. The van der Waals surface area contributed by atoms with E-state index in [1.54, 1.807) is 17.0 Å². The van der Waals surface area contributed by atoms with E-state index >= 15 is 0 Å². The number of nitrogens with one attached hydrogen (secondary N) is 2. The number of amides is 3. The molecule has 1 atom stereocenters. The number of benzene rings is 2. The lowest BCUT2D eigenvalue weighted by Crippen LogP contribution is -2.51. The largest absolute Gasteiger partial charge is 0.341 e. The number of carbonyl (C=O) groups excluding carboxylic acids is 3. The van der Waals surface area contributed by atoms with Gasteiger partial charge < -0.3 is 15.5 Å². The Kier molecular flexibility index (Phi) is 8.75. The Morgan fingerprint density at radius 2 is 1.70 bits per heavy atom. The normalized spacial score (nSPS) is 15.2. The molecule has 1 heterocycles. The van der Waals surface area contributed by atoms with Crippen molar-refractivity contribution in [2.75, 3.05) is 18.4 Å². The molecule has 3 rings (SSSR count). The average Bonchev–Trinajstić information content (AvgIpc) is 2.78. The maximum absolute atomic E-state index is 13.3. The van der Waals surface area contributed by atoms with Crippen LogP contribution in [0.5, 0.6) is 0 Å². The highest BCUT2D eigenvalue weighted by Crippen LogP contribution is 2.23. The minimum atomic E-state index is -0.668. The molecule has 2 aromatic carbocycles. The fourth-order valence-electron chi connectivity index (χ4n) is 3.95. The lowest BCUT2D eigenvalue weighted by Gasteiger charge is -2.34. The van der Waals surface area contributed by atoms with Gasteiger partial charge in [0.15, 0.2) is 0 Å². The van der Waals surface area contributed by atoms with E-state index in [-0.39, 0.29) is 34.2 Å². The monoisotopic (exact) mass is 489 g/mol. The first-order chi connectivity index (χ1) is 15.7. The molecule has 2 aromatic rings. The second-order valence-electron chi connectivity index (χ2n) is 8.73. The lowest BCUT2D eigenvalue weighted by molar-refractivity contribution is -0.136. The summed E-state index contributed by atoms with van der Waals surface area (Å²) >= 11 is 12.1. The first-order valence-electron chi connectivity index (χ1n) is 11.1. The zero-order valence-corrected chi connectivity index (χ0v) is 20.3. The van der Waals surface area contributed by atoms with Gasteiger partial charge in [-0.25, -0.2) is 0 Å². The molecule has 0 unspecified atom stereocenters. The van der Waals surface area contributed by atoms with Crippen molar-refractivity contribution in [3.63, 3.8) is 0 Å². The van der Waals surface area contributed by atoms with Crippen molar-refractivity contribution in [3.8, 4) is 0 Å². The van der Waals surface area contributed by atoms with Crippen LogP contribution in [-0.2, 0) is 9.59 Å². The Bertz CT molecular complexity index is 990. The van der Waals surface area contributed by atoms with Gasteiger partial charge in [-0.3, -0.25) is 14.4 Å². The van der Waals surface area contributed by atoms with E-state index in [1.165, 1.54) is 6.07 Å². The fraction of sp³-hybridized carbons (Fsp3) is 0.400. The lowest BCUT2D eigenvalue weighted by atomic mass is 9.94. The van der Waals surface area contributed by atoms with Crippen LogP contribution in [0.2, 0.25) is 10.0 Å². The van der Waals surface area contributed by atoms with Crippen molar-refractivity contribution >= 4 is 46.6 Å². The molecule has 0 aromatic heterocycles. The van der Waals surface area contributed by atoms with E-state index < -0.39 is 11.9 Å². The van der Waals surface area contributed by atoms with Crippen LogP contribution in [0.4, 0.5) is 5.69 Å². The molecule has 1 aliphatic rings. The number of hydrogen-bond acceptors (Lipinski definition) is 3. The molecule has 0 aliphatic carbocycles. The van der Waals surface area contributed by atoms with Crippen molar-refractivity contribution in [2.45, 2.75) is 39.2 Å². The standard InChI is InChI=1S/C25H29Cl2N3O3/c1-16(2)14-22(29-24(32)20-9-8-18(26)15-21(20)27)25(33)30-12-10-17(11-13-30)23(31)28-19-6-4-3-5-7-19/h3-9,15-17,22H,10-14H2,1-2H3,(H,28,31)(H,29,32)/t22-/m1/s1. The van der Waals surface area contributed by atoms with Gasteiger partial charge in [0.05, 0.1) is 10.6 Å². The van der Waals surface area contributed by atoms with E-state index in [4.69, 9.17) is 23.2 Å². The number of likely N-dealkylation sites (tertiary alicyclic amines) is 1. The molecule has 1 fully saturated rings. The Balaban J connectivity index is 1.60. The Labute approximate surface area is 204 Å². The predicted octanol–water partition coefficient (Wildman–Crippen LogP) is 5.02. The molecule has 2 N–H and O–H groups in total. The SMILES string of the molecule is CC(C)C[C@@H](NC(=O)c1ccc(Cl)cc1Cl)C(=O)N1CCC(C(=O)Nc2ccccc2)CC1. The van der Waals surface area contributed by atoms with Gasteiger partial charge in [-0.1, -0.05) is 55.2 Å². The smallest absolute Gasteiger partial charge is 0.253 e. The van der Waals surface area contributed by atoms with E-state index in [9.17, 15) is 14.4 Å². The highest BCUT2D eigenvalue weighted by molar-refractivity contribution is 6.36. The summed E-state index contributed by atoms with van der Waals surface area (Å²) in [6, 6.07) is 13.3. The summed E-state index contributed by atoms with van der Waals surface area (Å²) in [5, 5.41) is 6.46. The quantitative estimate of drug-likeness (QED) is 0.573. The van der Waals surface area contributed by atoms with Crippen LogP contribution in [0, 0.1) is 11.8 Å². The van der Waals surface area contributed by atoms with Crippen molar-refractivity contribution in [1.82, 2.24) is 10.2 Å². The summed E-state index contributed by atoms with van der Waals surface area (Å²) in [6.45, 7) is 4.94. The van der Waals surface area contributed by atoms with Gasteiger partial charge in [0.2, 0.25) is 11.8 Å². The maximum Gasteiger partial charge on any atom is 0.253 e. The van der Waals surface area contributed by atoms with Crippen molar-refractivity contribution in [3.05, 3.63) is 64.1 Å². The molecule has 1 saturated heterocycles. The fourth-order valence-corrected chi connectivity index (χ4v) is 4.45. The molecule has 176 valence electrons. The minimum Gasteiger partial charge on any atom is -0.341 e. The number of piperidine rings is 1. The van der Waals surface area contributed by atoms with Crippen molar-refractivity contribution in [1.29, 1.82) is 0 Å². The van der Waals surface area contributed by atoms with Gasteiger partial charge in [-0.05, 0) is 55.5 Å². The van der Waals surface area contributed by atoms with Crippen LogP contribution >= 0.6 is 23.2 Å². The molecular weight excluding hydrogens is 461 g/mol. The minimum absolute atomic E-state index is 0.0299. The molecule has 33 heavy (non-hydrogen) atoms. The highest BCUT2D eigenvalue weighted by Gasteiger charge is 2.32. The molecule has 0 saturated carbocycles. The summed E-state index contributed by atoms with van der Waals surface area (Å²) < 4.78 is 0. The topological polar surface area (TPSA) is 78.5 Å². The van der Waals surface area contributed by atoms with Crippen LogP contribution in [0.1, 0.15) is 43.5 Å². The number of anilines is 1. The van der Waals surface area contributed by atoms with E-state index in [2.05, 4.69) is 10.6 Å². The zero-order valence-electron chi connectivity index (χ0n) is 18.8. The second kappa shape index (κ2) is 11.5.